The monoisotopic (exact) mass is 349 g/mol. The molecule has 1 aromatic carbocycles. The normalized spacial score (nSPS) is 15.7. The molecule has 0 bridgehead atoms. The Bertz CT molecular complexity index is 725. The molecule has 3 rings (SSSR count). The van der Waals surface area contributed by atoms with Crippen LogP contribution in [0.3, 0.4) is 0 Å². The van der Waals surface area contributed by atoms with Crippen LogP contribution in [0.4, 0.5) is 0 Å². The number of hydrogen-bond acceptors (Lipinski definition) is 5. The minimum atomic E-state index is -0.107. The Balaban J connectivity index is 1.74. The second kappa shape index (κ2) is 7.29. The van der Waals surface area contributed by atoms with Crippen molar-refractivity contribution >= 4 is 17.5 Å². The smallest absolute Gasteiger partial charge is 0.276 e. The summed E-state index contributed by atoms with van der Waals surface area (Å²) in [5.74, 6) is -0.107. The highest BCUT2D eigenvalue weighted by Crippen LogP contribution is 2.15. The fourth-order valence-corrected chi connectivity index (χ4v) is 2.94. The van der Waals surface area contributed by atoms with Gasteiger partial charge < -0.3 is 10.0 Å². The number of benzene rings is 1. The quantitative estimate of drug-likeness (QED) is 0.890. The molecule has 1 fully saturated rings. The first kappa shape index (κ1) is 16.9. The van der Waals surface area contributed by atoms with Gasteiger partial charge in [-0.2, -0.15) is 9.90 Å². The first-order chi connectivity index (χ1) is 11.6. The number of aromatic nitrogens is 3. The summed E-state index contributed by atoms with van der Waals surface area (Å²) in [6.07, 6.45) is 0. The van der Waals surface area contributed by atoms with Crippen LogP contribution in [0, 0.1) is 6.92 Å². The van der Waals surface area contributed by atoms with Gasteiger partial charge in [-0.05, 0) is 25.1 Å². The van der Waals surface area contributed by atoms with Crippen LogP contribution in [0.25, 0.3) is 5.69 Å². The second-order valence-corrected chi connectivity index (χ2v) is 6.20. The largest absolute Gasteiger partial charge is 0.395 e. The number of carbonyl (C=O) groups is 1. The maximum atomic E-state index is 12.7. The predicted molar refractivity (Wildman–Crippen MR) is 90.5 cm³/mol. The molecule has 7 nitrogen and oxygen atoms in total. The lowest BCUT2D eigenvalue weighted by atomic mass is 10.2. The molecule has 8 heteroatoms. The van der Waals surface area contributed by atoms with E-state index < -0.39 is 0 Å². The van der Waals surface area contributed by atoms with Crippen LogP contribution in [0.1, 0.15) is 16.2 Å². The van der Waals surface area contributed by atoms with Gasteiger partial charge in [-0.3, -0.25) is 9.69 Å². The van der Waals surface area contributed by atoms with E-state index in [-0.39, 0.29) is 12.5 Å². The summed E-state index contributed by atoms with van der Waals surface area (Å²) in [4.78, 5) is 18.1. The Kier molecular flexibility index (Phi) is 5.13. The van der Waals surface area contributed by atoms with E-state index in [1.807, 2.05) is 12.1 Å². The SMILES string of the molecule is Cc1nn(-c2cccc(Cl)c2)nc1C(=O)N1CCN(CCO)CC1. The van der Waals surface area contributed by atoms with Crippen molar-refractivity contribution in [3.63, 3.8) is 0 Å². The Hall–Kier alpha value is -1.96. The molecule has 0 saturated carbocycles. The molecule has 0 radical (unpaired) electrons. The number of β-amino-alcohol motifs (C(OH)–C–C–N with tert-alkyl or cyclic N) is 1. The van der Waals surface area contributed by atoms with Gasteiger partial charge in [0.1, 0.15) is 0 Å². The Morgan fingerprint density at radius 3 is 2.67 bits per heavy atom. The topological polar surface area (TPSA) is 74.5 Å². The highest BCUT2D eigenvalue weighted by atomic mass is 35.5. The van der Waals surface area contributed by atoms with Gasteiger partial charge in [-0.15, -0.1) is 5.10 Å². The van der Waals surface area contributed by atoms with E-state index in [0.717, 1.165) is 18.8 Å². The standard InChI is InChI=1S/C16H20ClN5O2/c1-12-15(16(24)21-7-5-20(6-8-21)9-10-23)19-22(18-12)14-4-2-3-13(17)11-14/h2-4,11,23H,5-10H2,1H3. The maximum Gasteiger partial charge on any atom is 0.276 e. The van der Waals surface area contributed by atoms with Gasteiger partial charge in [0, 0.05) is 37.7 Å². The Morgan fingerprint density at radius 1 is 1.25 bits per heavy atom. The van der Waals surface area contributed by atoms with E-state index in [2.05, 4.69) is 15.1 Å². The number of nitrogens with zero attached hydrogens (tertiary/aromatic N) is 5. The van der Waals surface area contributed by atoms with Gasteiger partial charge in [-0.25, -0.2) is 0 Å². The Morgan fingerprint density at radius 2 is 2.00 bits per heavy atom. The van der Waals surface area contributed by atoms with Crippen molar-refractivity contribution in [2.75, 3.05) is 39.3 Å². The van der Waals surface area contributed by atoms with Crippen molar-refractivity contribution in [2.24, 2.45) is 0 Å². The van der Waals surface area contributed by atoms with Gasteiger partial charge in [0.2, 0.25) is 0 Å². The highest BCUT2D eigenvalue weighted by molar-refractivity contribution is 6.30. The highest BCUT2D eigenvalue weighted by Gasteiger charge is 2.25. The maximum absolute atomic E-state index is 12.7. The minimum Gasteiger partial charge on any atom is -0.395 e. The number of halogens is 1. The zero-order chi connectivity index (χ0) is 17.1. The molecule has 0 atom stereocenters. The lowest BCUT2D eigenvalue weighted by molar-refractivity contribution is 0.0608. The molecule has 1 amide bonds. The summed E-state index contributed by atoms with van der Waals surface area (Å²) in [5, 5.41) is 18.3. The summed E-state index contributed by atoms with van der Waals surface area (Å²) in [6.45, 7) is 5.34. The summed E-state index contributed by atoms with van der Waals surface area (Å²) in [5.41, 5.74) is 1.68. The number of piperazine rings is 1. The van der Waals surface area contributed by atoms with Gasteiger partial charge in [0.25, 0.3) is 5.91 Å². The predicted octanol–water partition coefficient (Wildman–Crippen LogP) is 0.979. The second-order valence-electron chi connectivity index (χ2n) is 5.76. The van der Waals surface area contributed by atoms with E-state index in [1.54, 1.807) is 24.0 Å². The third-order valence-corrected chi connectivity index (χ3v) is 4.33. The summed E-state index contributed by atoms with van der Waals surface area (Å²) < 4.78 is 0. The molecule has 0 spiro atoms. The molecule has 1 saturated heterocycles. The van der Waals surface area contributed by atoms with E-state index in [1.165, 1.54) is 4.80 Å². The fraction of sp³-hybridized carbons (Fsp3) is 0.438. The Labute approximate surface area is 145 Å². The van der Waals surface area contributed by atoms with Crippen molar-refractivity contribution in [1.29, 1.82) is 0 Å². The van der Waals surface area contributed by atoms with Gasteiger partial charge in [-0.1, -0.05) is 17.7 Å². The zero-order valence-corrected chi connectivity index (χ0v) is 14.3. The molecule has 128 valence electrons. The van der Waals surface area contributed by atoms with E-state index in [4.69, 9.17) is 16.7 Å². The number of aliphatic hydroxyl groups excluding tert-OH is 1. The van der Waals surface area contributed by atoms with Crippen LogP contribution in [0.2, 0.25) is 5.02 Å². The summed E-state index contributed by atoms with van der Waals surface area (Å²) in [7, 11) is 0. The zero-order valence-electron chi connectivity index (χ0n) is 13.5. The molecule has 1 aromatic heterocycles. The number of aryl methyl sites for hydroxylation is 1. The molecule has 24 heavy (non-hydrogen) atoms. The van der Waals surface area contributed by atoms with Crippen molar-refractivity contribution < 1.29 is 9.90 Å². The van der Waals surface area contributed by atoms with Crippen molar-refractivity contribution in [1.82, 2.24) is 24.8 Å². The molecular weight excluding hydrogens is 330 g/mol. The van der Waals surface area contributed by atoms with E-state index >= 15 is 0 Å². The van der Waals surface area contributed by atoms with Crippen molar-refractivity contribution in [2.45, 2.75) is 6.92 Å². The lowest BCUT2D eigenvalue weighted by Gasteiger charge is -2.33. The first-order valence-corrected chi connectivity index (χ1v) is 8.28. The van der Waals surface area contributed by atoms with Crippen LogP contribution in [0.5, 0.6) is 0 Å². The van der Waals surface area contributed by atoms with Crippen LogP contribution >= 0.6 is 11.6 Å². The van der Waals surface area contributed by atoms with Crippen molar-refractivity contribution in [3.05, 3.63) is 40.7 Å². The van der Waals surface area contributed by atoms with E-state index in [9.17, 15) is 4.79 Å². The molecule has 1 N–H and O–H groups in total. The molecule has 2 heterocycles. The average Bonchev–Trinajstić information content (AvgIpc) is 2.97. The molecule has 1 aliphatic heterocycles. The summed E-state index contributed by atoms with van der Waals surface area (Å²) >= 11 is 6.00. The third kappa shape index (κ3) is 3.58. The molecule has 0 aliphatic carbocycles. The van der Waals surface area contributed by atoms with Crippen LogP contribution in [-0.2, 0) is 0 Å². The summed E-state index contributed by atoms with van der Waals surface area (Å²) in [6, 6.07) is 7.19. The first-order valence-electron chi connectivity index (χ1n) is 7.91. The molecule has 1 aliphatic rings. The average molecular weight is 350 g/mol. The van der Waals surface area contributed by atoms with Crippen LogP contribution < -0.4 is 0 Å². The van der Waals surface area contributed by atoms with Gasteiger partial charge in [0.15, 0.2) is 5.69 Å². The number of hydrogen-bond donors (Lipinski definition) is 1. The number of rotatable bonds is 4. The number of aliphatic hydroxyl groups is 1. The molecular formula is C16H20ClN5O2. The van der Waals surface area contributed by atoms with Gasteiger partial charge in [0.05, 0.1) is 18.0 Å². The molecule has 2 aromatic rings. The van der Waals surface area contributed by atoms with Crippen LogP contribution in [-0.4, -0.2) is 75.1 Å². The number of carbonyl (C=O) groups excluding carboxylic acids is 1. The van der Waals surface area contributed by atoms with Gasteiger partial charge >= 0.3 is 0 Å². The fourth-order valence-electron chi connectivity index (χ4n) is 2.76. The number of amides is 1. The lowest BCUT2D eigenvalue weighted by Crippen LogP contribution is -2.49. The molecule has 0 unspecified atom stereocenters. The van der Waals surface area contributed by atoms with Crippen LogP contribution in [0.15, 0.2) is 24.3 Å². The van der Waals surface area contributed by atoms with Crippen molar-refractivity contribution in [3.8, 4) is 5.69 Å². The third-order valence-electron chi connectivity index (χ3n) is 4.10. The minimum absolute atomic E-state index is 0.107. The van der Waals surface area contributed by atoms with E-state index in [0.29, 0.717) is 36.0 Å².